The van der Waals surface area contributed by atoms with E-state index in [2.05, 4.69) is 9.97 Å². The number of nitrogens with zero attached hydrogens (tertiary/aromatic N) is 3. The minimum atomic E-state index is -0.0214. The van der Waals surface area contributed by atoms with Crippen LogP contribution >= 0.6 is 0 Å². The fourth-order valence-electron chi connectivity index (χ4n) is 1.40. The van der Waals surface area contributed by atoms with Gasteiger partial charge < -0.3 is 10.6 Å². The summed E-state index contributed by atoms with van der Waals surface area (Å²) in [4.78, 5) is 21.2. The number of rotatable bonds is 2. The highest BCUT2D eigenvalue weighted by Crippen LogP contribution is 2.23. The normalized spacial score (nSPS) is 15.1. The van der Waals surface area contributed by atoms with E-state index in [9.17, 15) is 4.79 Å². The minimum absolute atomic E-state index is 0.0214. The Balaban J connectivity index is 2.42. The van der Waals surface area contributed by atoms with Gasteiger partial charge in [0.05, 0.1) is 5.56 Å². The number of carbonyl (C=O) groups is 1. The van der Waals surface area contributed by atoms with Gasteiger partial charge in [0.2, 0.25) is 5.95 Å². The monoisotopic (exact) mass is 192 g/mol. The number of aromatic nitrogens is 2. The SMILES string of the molecule is CC(=O)c1cnc(N)nc1N1CCC1. The second-order valence-corrected chi connectivity index (χ2v) is 3.36. The van der Waals surface area contributed by atoms with Crippen molar-refractivity contribution in [1.82, 2.24) is 9.97 Å². The van der Waals surface area contributed by atoms with Crippen molar-refractivity contribution in [1.29, 1.82) is 0 Å². The Hall–Kier alpha value is -1.65. The molecule has 1 aromatic rings. The molecule has 0 aromatic carbocycles. The van der Waals surface area contributed by atoms with Gasteiger partial charge in [-0.1, -0.05) is 0 Å². The molecule has 0 atom stereocenters. The van der Waals surface area contributed by atoms with Gasteiger partial charge in [-0.2, -0.15) is 4.98 Å². The van der Waals surface area contributed by atoms with Crippen molar-refractivity contribution in [2.45, 2.75) is 13.3 Å². The van der Waals surface area contributed by atoms with E-state index in [-0.39, 0.29) is 11.7 Å². The Kier molecular flexibility index (Phi) is 2.07. The molecule has 0 aliphatic carbocycles. The molecule has 74 valence electrons. The van der Waals surface area contributed by atoms with Crippen LogP contribution in [-0.4, -0.2) is 28.8 Å². The molecule has 1 aliphatic rings. The number of nitrogens with two attached hydrogens (primary N) is 1. The van der Waals surface area contributed by atoms with E-state index in [4.69, 9.17) is 5.73 Å². The Bertz CT molecular complexity index is 373. The number of Topliss-reactive ketones (excluding diaryl/α,β-unsaturated/α-hetero) is 1. The van der Waals surface area contributed by atoms with E-state index in [1.165, 1.54) is 13.1 Å². The Morgan fingerprint density at radius 1 is 1.57 bits per heavy atom. The van der Waals surface area contributed by atoms with Crippen LogP contribution in [0.2, 0.25) is 0 Å². The highest BCUT2D eigenvalue weighted by atomic mass is 16.1. The van der Waals surface area contributed by atoms with Gasteiger partial charge >= 0.3 is 0 Å². The third kappa shape index (κ3) is 1.41. The third-order valence-corrected chi connectivity index (χ3v) is 2.32. The largest absolute Gasteiger partial charge is 0.368 e. The Labute approximate surface area is 82.0 Å². The minimum Gasteiger partial charge on any atom is -0.368 e. The van der Waals surface area contributed by atoms with E-state index < -0.39 is 0 Å². The molecule has 2 N–H and O–H groups in total. The maximum Gasteiger partial charge on any atom is 0.221 e. The van der Waals surface area contributed by atoms with Crippen LogP contribution in [0.3, 0.4) is 0 Å². The predicted octanol–water partition coefficient (Wildman–Crippen LogP) is 0.472. The third-order valence-electron chi connectivity index (χ3n) is 2.32. The predicted molar refractivity (Wildman–Crippen MR) is 53.3 cm³/mol. The van der Waals surface area contributed by atoms with Gasteiger partial charge in [0.1, 0.15) is 5.82 Å². The van der Waals surface area contributed by atoms with Gasteiger partial charge in [-0.25, -0.2) is 4.98 Å². The molecule has 1 aromatic heterocycles. The van der Waals surface area contributed by atoms with Crippen molar-refractivity contribution in [3.63, 3.8) is 0 Å². The van der Waals surface area contributed by atoms with E-state index in [1.807, 2.05) is 4.90 Å². The molecule has 0 bridgehead atoms. The van der Waals surface area contributed by atoms with Crippen LogP contribution in [0.25, 0.3) is 0 Å². The number of hydrogen-bond acceptors (Lipinski definition) is 5. The summed E-state index contributed by atoms with van der Waals surface area (Å²) in [5.41, 5.74) is 6.04. The van der Waals surface area contributed by atoms with Gasteiger partial charge in [-0.3, -0.25) is 4.79 Å². The van der Waals surface area contributed by atoms with Crippen molar-refractivity contribution >= 4 is 17.5 Å². The van der Waals surface area contributed by atoms with Gasteiger partial charge in [0, 0.05) is 19.3 Å². The molecule has 0 unspecified atom stereocenters. The molecule has 5 heteroatoms. The molecule has 0 spiro atoms. The number of nitrogen functional groups attached to an aromatic ring is 1. The standard InChI is InChI=1S/C9H12N4O/c1-6(14)7-5-11-9(10)12-8(7)13-3-2-4-13/h5H,2-4H2,1H3,(H2,10,11,12). The van der Waals surface area contributed by atoms with Crippen LogP contribution in [0.5, 0.6) is 0 Å². The molecular formula is C9H12N4O. The van der Waals surface area contributed by atoms with E-state index >= 15 is 0 Å². The van der Waals surface area contributed by atoms with Crippen molar-refractivity contribution in [3.05, 3.63) is 11.8 Å². The summed E-state index contributed by atoms with van der Waals surface area (Å²) in [6, 6.07) is 0. The Morgan fingerprint density at radius 3 is 2.79 bits per heavy atom. The van der Waals surface area contributed by atoms with Crippen molar-refractivity contribution < 1.29 is 4.79 Å². The number of hydrogen-bond donors (Lipinski definition) is 1. The molecule has 5 nitrogen and oxygen atoms in total. The molecule has 2 rings (SSSR count). The molecule has 1 fully saturated rings. The van der Waals surface area contributed by atoms with Gasteiger partial charge in [-0.15, -0.1) is 0 Å². The first-order chi connectivity index (χ1) is 6.68. The topological polar surface area (TPSA) is 72.1 Å². The number of ketones is 1. The summed E-state index contributed by atoms with van der Waals surface area (Å²) in [5, 5.41) is 0. The molecule has 14 heavy (non-hydrogen) atoms. The number of anilines is 2. The smallest absolute Gasteiger partial charge is 0.221 e. The first-order valence-electron chi connectivity index (χ1n) is 4.57. The van der Waals surface area contributed by atoms with Crippen LogP contribution in [0.15, 0.2) is 6.20 Å². The first-order valence-corrected chi connectivity index (χ1v) is 4.57. The van der Waals surface area contributed by atoms with Gasteiger partial charge in [0.25, 0.3) is 0 Å². The highest BCUT2D eigenvalue weighted by molar-refractivity contribution is 5.98. The lowest BCUT2D eigenvalue weighted by atomic mass is 10.1. The summed E-state index contributed by atoms with van der Waals surface area (Å²) in [6.45, 7) is 3.39. The lowest BCUT2D eigenvalue weighted by Gasteiger charge is -2.32. The maximum atomic E-state index is 11.3. The van der Waals surface area contributed by atoms with Crippen LogP contribution in [0.1, 0.15) is 23.7 Å². The molecular weight excluding hydrogens is 180 g/mol. The zero-order chi connectivity index (χ0) is 10.1. The van der Waals surface area contributed by atoms with Crippen LogP contribution in [-0.2, 0) is 0 Å². The molecule has 2 heterocycles. The lowest BCUT2D eigenvalue weighted by molar-refractivity contribution is 0.101. The van der Waals surface area contributed by atoms with Crippen LogP contribution in [0, 0.1) is 0 Å². The molecule has 0 radical (unpaired) electrons. The van der Waals surface area contributed by atoms with Gasteiger partial charge in [0.15, 0.2) is 5.78 Å². The summed E-state index contributed by atoms with van der Waals surface area (Å²) in [5.74, 6) is 0.875. The van der Waals surface area contributed by atoms with E-state index in [1.54, 1.807) is 0 Å². The van der Waals surface area contributed by atoms with Crippen LogP contribution in [0.4, 0.5) is 11.8 Å². The quantitative estimate of drug-likeness (QED) is 0.689. The summed E-state index contributed by atoms with van der Waals surface area (Å²) in [7, 11) is 0. The average Bonchev–Trinajstić information content (AvgIpc) is 2.00. The van der Waals surface area contributed by atoms with Gasteiger partial charge in [-0.05, 0) is 13.3 Å². The lowest BCUT2D eigenvalue weighted by Crippen LogP contribution is -2.38. The van der Waals surface area contributed by atoms with E-state index in [0.717, 1.165) is 19.5 Å². The fraction of sp³-hybridized carbons (Fsp3) is 0.444. The molecule has 0 saturated carbocycles. The zero-order valence-electron chi connectivity index (χ0n) is 8.03. The average molecular weight is 192 g/mol. The van der Waals surface area contributed by atoms with Crippen LogP contribution < -0.4 is 10.6 Å². The molecule has 1 saturated heterocycles. The summed E-state index contributed by atoms with van der Waals surface area (Å²) < 4.78 is 0. The second-order valence-electron chi connectivity index (χ2n) is 3.36. The van der Waals surface area contributed by atoms with Crippen molar-refractivity contribution in [3.8, 4) is 0 Å². The summed E-state index contributed by atoms with van der Waals surface area (Å²) >= 11 is 0. The highest BCUT2D eigenvalue weighted by Gasteiger charge is 2.21. The zero-order valence-corrected chi connectivity index (χ0v) is 8.03. The summed E-state index contributed by atoms with van der Waals surface area (Å²) in [6.07, 6.45) is 2.64. The second kappa shape index (κ2) is 3.25. The molecule has 0 amide bonds. The van der Waals surface area contributed by atoms with Crippen molar-refractivity contribution in [2.24, 2.45) is 0 Å². The number of carbonyl (C=O) groups excluding carboxylic acids is 1. The van der Waals surface area contributed by atoms with E-state index in [0.29, 0.717) is 11.4 Å². The first kappa shape index (κ1) is 8.93. The fourth-order valence-corrected chi connectivity index (χ4v) is 1.40. The maximum absolute atomic E-state index is 11.3. The Morgan fingerprint density at radius 2 is 2.29 bits per heavy atom. The molecule has 1 aliphatic heterocycles. The van der Waals surface area contributed by atoms with Crippen molar-refractivity contribution in [2.75, 3.05) is 23.7 Å².